The van der Waals surface area contributed by atoms with Gasteiger partial charge in [-0.25, -0.2) is 0 Å². The highest BCUT2D eigenvalue weighted by Crippen LogP contribution is 2.18. The van der Waals surface area contributed by atoms with Gasteiger partial charge in [0.15, 0.2) is 0 Å². The van der Waals surface area contributed by atoms with Crippen LogP contribution in [0.5, 0.6) is 0 Å². The van der Waals surface area contributed by atoms with Crippen LogP contribution in [-0.4, -0.2) is 42.5 Å². The summed E-state index contributed by atoms with van der Waals surface area (Å²) in [7, 11) is 1.96. The van der Waals surface area contributed by atoms with Crippen molar-refractivity contribution in [2.24, 2.45) is 5.92 Å². The molecule has 0 spiro atoms. The number of carbonyl (C=O) groups excluding carboxylic acids is 1. The van der Waals surface area contributed by atoms with Gasteiger partial charge in [0.1, 0.15) is 5.69 Å². The van der Waals surface area contributed by atoms with Crippen LogP contribution in [0.1, 0.15) is 16.9 Å². The first-order valence-electron chi connectivity index (χ1n) is 5.48. The molecule has 2 heterocycles. The minimum absolute atomic E-state index is 0. The van der Waals surface area contributed by atoms with Crippen LogP contribution in [0.25, 0.3) is 0 Å². The van der Waals surface area contributed by atoms with Crippen LogP contribution in [0.2, 0.25) is 0 Å². The quantitative estimate of drug-likeness (QED) is 0.797. The molecule has 0 saturated carbocycles. The summed E-state index contributed by atoms with van der Waals surface area (Å²) < 4.78 is 1.08. The molecule has 0 aliphatic carbocycles. The molecule has 1 saturated heterocycles. The van der Waals surface area contributed by atoms with Gasteiger partial charge in [-0.1, -0.05) is 0 Å². The van der Waals surface area contributed by atoms with Crippen molar-refractivity contribution < 1.29 is 4.79 Å². The topological polar surface area (TPSA) is 48.1 Å². The molecule has 6 heteroatoms. The maximum absolute atomic E-state index is 12.1. The van der Waals surface area contributed by atoms with Crippen molar-refractivity contribution in [2.45, 2.75) is 6.42 Å². The number of nitrogens with one attached hydrogen (secondary N) is 2. The molecule has 1 amide bonds. The molecule has 1 aromatic heterocycles. The average molecular weight is 370 g/mol. The van der Waals surface area contributed by atoms with Gasteiger partial charge in [-0.05, 0) is 54.6 Å². The van der Waals surface area contributed by atoms with Crippen LogP contribution in [0, 0.1) is 9.49 Å². The maximum Gasteiger partial charge on any atom is 0.270 e. The van der Waals surface area contributed by atoms with E-state index in [-0.39, 0.29) is 18.3 Å². The zero-order chi connectivity index (χ0) is 11.5. The maximum atomic E-state index is 12.1. The summed E-state index contributed by atoms with van der Waals surface area (Å²) in [4.78, 5) is 17.0. The molecule has 96 valence electrons. The summed E-state index contributed by atoms with van der Waals surface area (Å²) in [6.45, 7) is 2.74. The SMILES string of the molecule is CNCC1CCN(C(=O)c2cc(I)c[nH]2)C1.Cl. The first kappa shape index (κ1) is 14.8. The van der Waals surface area contributed by atoms with Crippen molar-refractivity contribution in [1.29, 1.82) is 0 Å². The summed E-state index contributed by atoms with van der Waals surface area (Å²) in [5.74, 6) is 0.726. The van der Waals surface area contributed by atoms with Gasteiger partial charge in [0.05, 0.1) is 0 Å². The molecule has 2 N–H and O–H groups in total. The predicted octanol–water partition coefficient (Wildman–Crippen LogP) is 1.72. The Morgan fingerprint density at radius 1 is 1.71 bits per heavy atom. The summed E-state index contributed by atoms with van der Waals surface area (Å²) >= 11 is 2.20. The molecule has 17 heavy (non-hydrogen) atoms. The first-order valence-corrected chi connectivity index (χ1v) is 6.56. The Bertz CT molecular complexity index is 383. The molecule has 1 aliphatic rings. The number of hydrogen-bond acceptors (Lipinski definition) is 2. The molecule has 1 aromatic rings. The number of amides is 1. The molecule has 0 aromatic carbocycles. The third kappa shape index (κ3) is 3.59. The van der Waals surface area contributed by atoms with Crippen LogP contribution in [0.15, 0.2) is 12.3 Å². The molecule has 2 rings (SSSR count). The van der Waals surface area contributed by atoms with Gasteiger partial charge in [-0.2, -0.15) is 0 Å². The zero-order valence-corrected chi connectivity index (χ0v) is 12.7. The second kappa shape index (κ2) is 6.61. The second-order valence-electron chi connectivity index (χ2n) is 4.20. The van der Waals surface area contributed by atoms with Crippen molar-refractivity contribution >= 4 is 40.9 Å². The normalized spacial score (nSPS) is 19.2. The van der Waals surface area contributed by atoms with E-state index in [1.807, 2.05) is 24.2 Å². The molecule has 4 nitrogen and oxygen atoms in total. The fourth-order valence-electron chi connectivity index (χ4n) is 2.13. The van der Waals surface area contributed by atoms with Gasteiger partial charge < -0.3 is 15.2 Å². The Hall–Kier alpha value is -0.270. The summed E-state index contributed by atoms with van der Waals surface area (Å²) in [6.07, 6.45) is 2.96. The number of aromatic amines is 1. The summed E-state index contributed by atoms with van der Waals surface area (Å²) in [5, 5.41) is 3.17. The lowest BCUT2D eigenvalue weighted by Crippen LogP contribution is -2.30. The molecule has 1 unspecified atom stereocenters. The Labute approximate surface area is 121 Å². The minimum Gasteiger partial charge on any atom is -0.356 e. The fraction of sp³-hybridized carbons (Fsp3) is 0.545. The third-order valence-electron chi connectivity index (χ3n) is 2.94. The van der Waals surface area contributed by atoms with E-state index in [1.54, 1.807) is 0 Å². The lowest BCUT2D eigenvalue weighted by molar-refractivity contribution is 0.0782. The highest BCUT2D eigenvalue weighted by Gasteiger charge is 2.26. The van der Waals surface area contributed by atoms with Gasteiger partial charge in [0.2, 0.25) is 0 Å². The first-order chi connectivity index (χ1) is 7.70. The van der Waals surface area contributed by atoms with E-state index in [9.17, 15) is 4.79 Å². The van der Waals surface area contributed by atoms with E-state index < -0.39 is 0 Å². The largest absolute Gasteiger partial charge is 0.356 e. The van der Waals surface area contributed by atoms with Crippen LogP contribution >= 0.6 is 35.0 Å². The number of carbonyl (C=O) groups is 1. The molecular formula is C11H17ClIN3O. The van der Waals surface area contributed by atoms with Gasteiger partial charge in [0, 0.05) is 22.9 Å². The van der Waals surface area contributed by atoms with E-state index in [1.165, 1.54) is 0 Å². The Morgan fingerprint density at radius 2 is 2.47 bits per heavy atom. The third-order valence-corrected chi connectivity index (χ3v) is 3.57. The van der Waals surface area contributed by atoms with E-state index >= 15 is 0 Å². The number of halogens is 2. The number of hydrogen-bond donors (Lipinski definition) is 2. The number of likely N-dealkylation sites (tertiary alicyclic amines) is 1. The smallest absolute Gasteiger partial charge is 0.270 e. The van der Waals surface area contributed by atoms with E-state index in [0.29, 0.717) is 11.6 Å². The van der Waals surface area contributed by atoms with Gasteiger partial charge in [-0.3, -0.25) is 4.79 Å². The minimum atomic E-state index is 0. The van der Waals surface area contributed by atoms with E-state index in [0.717, 1.165) is 29.6 Å². The Balaban J connectivity index is 0.00000144. The molecule has 1 atom stereocenters. The Morgan fingerprint density at radius 3 is 3.06 bits per heavy atom. The van der Waals surface area contributed by atoms with Crippen LogP contribution < -0.4 is 5.32 Å². The van der Waals surface area contributed by atoms with Gasteiger partial charge >= 0.3 is 0 Å². The number of aromatic nitrogens is 1. The molecule has 0 bridgehead atoms. The Kier molecular flexibility index (Phi) is 5.75. The lowest BCUT2D eigenvalue weighted by atomic mass is 10.1. The van der Waals surface area contributed by atoms with Crippen molar-refractivity contribution in [3.05, 3.63) is 21.5 Å². The van der Waals surface area contributed by atoms with Crippen LogP contribution in [0.4, 0.5) is 0 Å². The zero-order valence-electron chi connectivity index (χ0n) is 9.70. The fourth-order valence-corrected chi connectivity index (χ4v) is 2.60. The summed E-state index contributed by atoms with van der Waals surface area (Å²) in [6, 6.07) is 1.90. The summed E-state index contributed by atoms with van der Waals surface area (Å²) in [5.41, 5.74) is 0.703. The van der Waals surface area contributed by atoms with E-state index in [2.05, 4.69) is 32.9 Å². The molecular weight excluding hydrogens is 352 g/mol. The van der Waals surface area contributed by atoms with Gasteiger partial charge in [-0.15, -0.1) is 12.4 Å². The number of nitrogens with zero attached hydrogens (tertiary/aromatic N) is 1. The monoisotopic (exact) mass is 369 g/mol. The highest BCUT2D eigenvalue weighted by atomic mass is 127. The highest BCUT2D eigenvalue weighted by molar-refractivity contribution is 14.1. The lowest BCUT2D eigenvalue weighted by Gasteiger charge is -2.15. The van der Waals surface area contributed by atoms with Crippen molar-refractivity contribution in [3.8, 4) is 0 Å². The van der Waals surface area contributed by atoms with Gasteiger partial charge in [0.25, 0.3) is 5.91 Å². The molecule has 1 aliphatic heterocycles. The van der Waals surface area contributed by atoms with Crippen LogP contribution in [0.3, 0.4) is 0 Å². The predicted molar refractivity (Wildman–Crippen MR) is 78.7 cm³/mol. The average Bonchev–Trinajstić information content (AvgIpc) is 2.87. The van der Waals surface area contributed by atoms with Crippen molar-refractivity contribution in [3.63, 3.8) is 0 Å². The van der Waals surface area contributed by atoms with Crippen molar-refractivity contribution in [2.75, 3.05) is 26.7 Å². The van der Waals surface area contributed by atoms with E-state index in [4.69, 9.17) is 0 Å². The molecule has 1 fully saturated rings. The number of H-pyrrole nitrogens is 1. The van der Waals surface area contributed by atoms with Crippen LogP contribution in [-0.2, 0) is 0 Å². The molecule has 0 radical (unpaired) electrons. The standard InChI is InChI=1S/C11H16IN3O.ClH/c1-13-5-8-2-3-15(7-8)11(16)10-4-9(12)6-14-10;/h4,6,8,13-14H,2-3,5,7H2,1H3;1H. The number of rotatable bonds is 3. The second-order valence-corrected chi connectivity index (χ2v) is 5.44. The van der Waals surface area contributed by atoms with Crippen molar-refractivity contribution in [1.82, 2.24) is 15.2 Å².